The zero-order chi connectivity index (χ0) is 18.7. The van der Waals surface area contributed by atoms with E-state index in [1.807, 2.05) is 45.2 Å². The van der Waals surface area contributed by atoms with E-state index in [4.69, 9.17) is 9.84 Å². The van der Waals surface area contributed by atoms with Crippen molar-refractivity contribution in [2.45, 2.75) is 0 Å². The summed E-state index contributed by atoms with van der Waals surface area (Å²) in [4.78, 5) is 22.5. The summed E-state index contributed by atoms with van der Waals surface area (Å²) >= 11 is 8.17. The number of phenols is 1. The van der Waals surface area contributed by atoms with Gasteiger partial charge in [0.05, 0.1) is 14.3 Å². The van der Waals surface area contributed by atoms with E-state index in [0.717, 1.165) is 0 Å². The van der Waals surface area contributed by atoms with Crippen molar-refractivity contribution in [2.24, 2.45) is 0 Å². The molecule has 0 aliphatic heterocycles. The highest BCUT2D eigenvalue weighted by Gasteiger charge is 2.16. The maximum atomic E-state index is 12.0. The maximum Gasteiger partial charge on any atom is 0.322 e. The Morgan fingerprint density at radius 2 is 1.48 bits per heavy atom. The molecule has 0 saturated heterocycles. The lowest BCUT2D eigenvalue weighted by molar-refractivity contribution is -0.135. The van der Waals surface area contributed by atoms with Gasteiger partial charge in [0, 0.05) is 5.56 Å². The van der Waals surface area contributed by atoms with Crippen LogP contribution in [-0.4, -0.2) is 28.6 Å². The fourth-order valence-corrected chi connectivity index (χ4v) is 5.46. The molecule has 0 atom stereocenters. The average Bonchev–Trinajstić information content (AvgIpc) is 2.53. The molecular weight excluding hydrogens is 782 g/mol. The molecule has 1 amide bonds. The fourth-order valence-electron chi connectivity index (χ4n) is 1.77. The number of nitrogens with one attached hydrogen (secondary N) is 1. The second-order valence-electron chi connectivity index (χ2n) is 4.68. The van der Waals surface area contributed by atoms with Gasteiger partial charge >= 0.3 is 5.97 Å². The van der Waals surface area contributed by atoms with Gasteiger partial charge in [-0.2, -0.15) is 0 Å². The normalized spacial score (nSPS) is 10.4. The summed E-state index contributed by atoms with van der Waals surface area (Å²) in [5.41, 5.74) is 0.359. The van der Waals surface area contributed by atoms with Gasteiger partial charge in [-0.25, -0.2) is 0 Å². The van der Waals surface area contributed by atoms with Crippen molar-refractivity contribution >= 4 is 102 Å². The largest absolute Gasteiger partial charge is 0.506 e. The Morgan fingerprint density at radius 1 is 0.960 bits per heavy atom. The second-order valence-corrected chi connectivity index (χ2v) is 9.33. The predicted octanol–water partition coefficient (Wildman–Crippen LogP) is 4.42. The van der Waals surface area contributed by atoms with Crippen molar-refractivity contribution in [1.82, 2.24) is 5.32 Å². The van der Waals surface area contributed by atoms with Gasteiger partial charge in [0.2, 0.25) is 0 Å². The Kier molecular flexibility index (Phi) is 7.81. The van der Waals surface area contributed by atoms with Gasteiger partial charge in [-0.05, 0) is 115 Å². The van der Waals surface area contributed by atoms with Crippen molar-refractivity contribution in [3.63, 3.8) is 0 Å². The molecule has 0 aliphatic rings. The Hall–Kier alpha value is -0.1000. The second kappa shape index (κ2) is 9.20. The number of hydrogen-bond donors (Lipinski definition) is 3. The first-order valence-corrected chi connectivity index (χ1v) is 10.9. The molecule has 6 nitrogen and oxygen atoms in total. The van der Waals surface area contributed by atoms with E-state index in [0.29, 0.717) is 31.3 Å². The summed E-state index contributed by atoms with van der Waals surface area (Å²) in [5.74, 6) is -0.185. The van der Waals surface area contributed by atoms with Gasteiger partial charge in [-0.15, -0.1) is 0 Å². The van der Waals surface area contributed by atoms with Crippen molar-refractivity contribution in [2.75, 3.05) is 6.54 Å². The lowest BCUT2D eigenvalue weighted by atomic mass is 10.2. The first-order valence-electron chi connectivity index (χ1n) is 6.54. The number of phenolic OH excluding ortho intramolecular Hbond substituents is 1. The number of carbonyl (C=O) groups is 2. The van der Waals surface area contributed by atoms with Gasteiger partial charge in [-0.1, -0.05) is 0 Å². The number of benzene rings is 2. The highest BCUT2D eigenvalue weighted by atomic mass is 127. The fraction of sp³-hybridized carbons (Fsp3) is 0.0667. The van der Waals surface area contributed by atoms with Gasteiger partial charge in [0.25, 0.3) is 5.91 Å². The maximum absolute atomic E-state index is 12.0. The number of rotatable bonds is 5. The molecular formula is C15H9I4NO5. The van der Waals surface area contributed by atoms with Crippen LogP contribution in [0.5, 0.6) is 17.2 Å². The third-order valence-corrected chi connectivity index (χ3v) is 6.12. The molecule has 0 unspecified atom stereocenters. The summed E-state index contributed by atoms with van der Waals surface area (Å²) in [5, 5.41) is 20.8. The van der Waals surface area contributed by atoms with Crippen LogP contribution in [-0.2, 0) is 4.79 Å². The minimum atomic E-state index is -1.10. The molecule has 2 aromatic carbocycles. The molecule has 0 radical (unpaired) electrons. The van der Waals surface area contributed by atoms with Crippen LogP contribution < -0.4 is 10.1 Å². The smallest absolute Gasteiger partial charge is 0.322 e. The van der Waals surface area contributed by atoms with E-state index in [9.17, 15) is 14.7 Å². The van der Waals surface area contributed by atoms with E-state index in [2.05, 4.69) is 50.5 Å². The molecule has 2 aromatic rings. The van der Waals surface area contributed by atoms with Crippen LogP contribution >= 0.6 is 90.4 Å². The monoisotopic (exact) mass is 791 g/mol. The molecule has 2 rings (SSSR count). The van der Waals surface area contributed by atoms with E-state index < -0.39 is 18.4 Å². The van der Waals surface area contributed by atoms with E-state index >= 15 is 0 Å². The zero-order valence-electron chi connectivity index (χ0n) is 12.1. The number of aliphatic carboxylic acids is 1. The number of halogens is 4. The number of amides is 1. The topological polar surface area (TPSA) is 95.9 Å². The molecule has 0 spiro atoms. The molecule has 132 valence electrons. The Labute approximate surface area is 197 Å². The highest BCUT2D eigenvalue weighted by molar-refractivity contribution is 14.1. The van der Waals surface area contributed by atoms with Crippen molar-refractivity contribution in [3.8, 4) is 17.2 Å². The molecule has 0 heterocycles. The standard InChI is InChI=1S/C15H9I4NO5/c16-8-3-7(4-9(17)13(8)23)25-14-10(18)1-6(2-11(14)19)15(24)20-5-12(21)22/h1-4,23H,5H2,(H,20,24)(H,21,22). The molecule has 0 fully saturated rings. The Bertz CT molecular complexity index is 810. The lowest BCUT2D eigenvalue weighted by Gasteiger charge is -2.13. The molecule has 10 heteroatoms. The van der Waals surface area contributed by atoms with Crippen LogP contribution in [0.4, 0.5) is 0 Å². The molecule has 0 saturated carbocycles. The van der Waals surface area contributed by atoms with E-state index in [1.54, 1.807) is 24.3 Å². The minimum absolute atomic E-state index is 0.211. The molecule has 0 aromatic heterocycles. The third kappa shape index (κ3) is 5.69. The van der Waals surface area contributed by atoms with Gasteiger partial charge in [-0.3, -0.25) is 9.59 Å². The van der Waals surface area contributed by atoms with Crippen molar-refractivity contribution in [3.05, 3.63) is 44.1 Å². The first-order chi connectivity index (χ1) is 11.7. The SMILES string of the molecule is O=C(O)CNC(=O)c1cc(I)c(Oc2cc(I)c(O)c(I)c2)c(I)c1. The van der Waals surface area contributed by atoms with Crippen molar-refractivity contribution in [1.29, 1.82) is 0 Å². The van der Waals surface area contributed by atoms with Gasteiger partial charge in [0.15, 0.2) is 5.75 Å². The van der Waals surface area contributed by atoms with Crippen LogP contribution in [0.1, 0.15) is 10.4 Å². The van der Waals surface area contributed by atoms with Crippen LogP contribution in [0.2, 0.25) is 0 Å². The zero-order valence-corrected chi connectivity index (χ0v) is 20.8. The number of ether oxygens (including phenoxy) is 1. The summed E-state index contributed by atoms with van der Waals surface area (Å²) < 4.78 is 8.70. The predicted molar refractivity (Wildman–Crippen MR) is 125 cm³/mol. The third-order valence-electron chi connectivity index (χ3n) is 2.87. The highest BCUT2D eigenvalue weighted by Crippen LogP contribution is 2.36. The van der Waals surface area contributed by atoms with Gasteiger partial charge < -0.3 is 20.3 Å². The summed E-state index contributed by atoms with van der Waals surface area (Å²) in [6, 6.07) is 6.70. The van der Waals surface area contributed by atoms with E-state index in [1.165, 1.54) is 0 Å². The Morgan fingerprint density at radius 3 is 1.96 bits per heavy atom. The lowest BCUT2D eigenvalue weighted by Crippen LogP contribution is -2.29. The van der Waals surface area contributed by atoms with E-state index in [-0.39, 0.29) is 5.75 Å². The number of carboxylic acids is 1. The van der Waals surface area contributed by atoms with Crippen LogP contribution in [0.15, 0.2) is 24.3 Å². The van der Waals surface area contributed by atoms with Crippen LogP contribution in [0, 0.1) is 14.3 Å². The summed E-state index contributed by atoms with van der Waals surface area (Å²) in [6.07, 6.45) is 0. The quantitative estimate of drug-likeness (QED) is 0.391. The van der Waals surface area contributed by atoms with Gasteiger partial charge in [0.1, 0.15) is 18.0 Å². The average molecular weight is 791 g/mol. The Balaban J connectivity index is 2.28. The van der Waals surface area contributed by atoms with Crippen LogP contribution in [0.25, 0.3) is 0 Å². The molecule has 3 N–H and O–H groups in total. The number of carboxylic acid groups (broad SMARTS) is 1. The summed E-state index contributed by atoms with van der Waals surface area (Å²) in [7, 11) is 0. The number of carbonyl (C=O) groups excluding carboxylic acids is 1. The molecule has 0 aliphatic carbocycles. The number of aromatic hydroxyl groups is 1. The first kappa shape index (κ1) is 21.2. The van der Waals surface area contributed by atoms with Crippen LogP contribution in [0.3, 0.4) is 0 Å². The molecule has 25 heavy (non-hydrogen) atoms. The number of hydrogen-bond acceptors (Lipinski definition) is 4. The minimum Gasteiger partial charge on any atom is -0.506 e. The van der Waals surface area contributed by atoms with Crippen molar-refractivity contribution < 1.29 is 24.5 Å². The summed E-state index contributed by atoms with van der Waals surface area (Å²) in [6.45, 7) is -0.436. The molecule has 0 bridgehead atoms.